The van der Waals surface area contributed by atoms with Crippen LogP contribution in [0.25, 0.3) is 0 Å². The maximum absolute atomic E-state index is 12.4. The van der Waals surface area contributed by atoms with Gasteiger partial charge in [-0.05, 0) is 13.0 Å². The fourth-order valence-corrected chi connectivity index (χ4v) is 3.29. The third kappa shape index (κ3) is 2.40. The van der Waals surface area contributed by atoms with E-state index in [0.717, 1.165) is 0 Å². The van der Waals surface area contributed by atoms with Gasteiger partial charge in [0.1, 0.15) is 11.2 Å². The van der Waals surface area contributed by atoms with Gasteiger partial charge in [0, 0.05) is 31.7 Å². The summed E-state index contributed by atoms with van der Waals surface area (Å²) in [5.41, 5.74) is -1.73. The molecule has 0 aliphatic heterocycles. The van der Waals surface area contributed by atoms with Crippen LogP contribution in [0.1, 0.15) is 37.7 Å². The van der Waals surface area contributed by atoms with E-state index in [0.29, 0.717) is 17.3 Å². The number of rotatable bonds is 5. The molecule has 0 radical (unpaired) electrons. The first-order valence-electron chi connectivity index (χ1n) is 7.15. The Morgan fingerprint density at radius 3 is 2.59 bits per heavy atom. The summed E-state index contributed by atoms with van der Waals surface area (Å²) in [6.45, 7) is 5.96. The van der Waals surface area contributed by atoms with Gasteiger partial charge in [0.25, 0.3) is 5.91 Å². The van der Waals surface area contributed by atoms with Crippen LogP contribution in [-0.2, 0) is 16.6 Å². The SMILES string of the molecule is CCOC1CC(NC(=O)c2cc(Cl)cn2C)(C(=O)O)C1(C)C. The lowest BCUT2D eigenvalue weighted by Crippen LogP contribution is -2.76. The molecule has 0 spiro atoms. The second-order valence-electron chi connectivity index (χ2n) is 6.19. The summed E-state index contributed by atoms with van der Waals surface area (Å²) in [4.78, 5) is 24.3. The van der Waals surface area contributed by atoms with Crippen molar-refractivity contribution in [3.63, 3.8) is 0 Å². The number of carbonyl (C=O) groups excluding carboxylic acids is 1. The molecule has 0 saturated heterocycles. The molecule has 2 rings (SSSR count). The number of hydrogen-bond acceptors (Lipinski definition) is 3. The summed E-state index contributed by atoms with van der Waals surface area (Å²) in [5.74, 6) is -1.51. The van der Waals surface area contributed by atoms with Crippen molar-refractivity contribution in [1.29, 1.82) is 0 Å². The van der Waals surface area contributed by atoms with Crippen LogP contribution in [0, 0.1) is 5.41 Å². The van der Waals surface area contributed by atoms with Crippen molar-refractivity contribution in [3.8, 4) is 0 Å². The number of hydrogen-bond donors (Lipinski definition) is 2. The van der Waals surface area contributed by atoms with E-state index in [4.69, 9.17) is 16.3 Å². The maximum Gasteiger partial charge on any atom is 0.330 e. The molecule has 1 heterocycles. The van der Waals surface area contributed by atoms with Crippen LogP contribution in [0.4, 0.5) is 0 Å². The molecule has 2 N–H and O–H groups in total. The van der Waals surface area contributed by atoms with Gasteiger partial charge in [0.05, 0.1) is 11.1 Å². The Bertz CT molecular complexity index is 611. The van der Waals surface area contributed by atoms with Crippen LogP contribution in [0.3, 0.4) is 0 Å². The summed E-state index contributed by atoms with van der Waals surface area (Å²) in [7, 11) is 1.68. The van der Waals surface area contributed by atoms with Crippen LogP contribution in [0.2, 0.25) is 5.02 Å². The number of carboxylic acids is 1. The summed E-state index contributed by atoms with van der Waals surface area (Å²) in [6.07, 6.45) is 1.64. The predicted molar refractivity (Wildman–Crippen MR) is 82.1 cm³/mol. The number of aryl methyl sites for hydroxylation is 1. The minimum atomic E-state index is -1.35. The third-order valence-corrected chi connectivity index (χ3v) is 4.87. The normalized spacial score (nSPS) is 26.3. The molecule has 1 aromatic rings. The highest BCUT2D eigenvalue weighted by Crippen LogP contribution is 2.51. The monoisotopic (exact) mass is 328 g/mol. The number of carboxylic acid groups (broad SMARTS) is 1. The highest BCUT2D eigenvalue weighted by Gasteiger charge is 2.66. The molecule has 0 bridgehead atoms. The molecule has 2 unspecified atom stereocenters. The number of aromatic nitrogens is 1. The van der Waals surface area contributed by atoms with Gasteiger partial charge in [0.15, 0.2) is 0 Å². The Kier molecular flexibility index (Phi) is 4.28. The average Bonchev–Trinajstić information content (AvgIpc) is 2.75. The standard InChI is InChI=1S/C15H21ClN2O4/c1-5-22-11-7-15(13(20)21,14(11,2)3)17-12(19)10-6-9(16)8-18(10)4/h6,8,11H,5,7H2,1-4H3,(H,17,19)(H,20,21). The minimum absolute atomic E-state index is 0.203. The lowest BCUT2D eigenvalue weighted by molar-refractivity contribution is -0.190. The number of nitrogens with zero attached hydrogens (tertiary/aromatic N) is 1. The van der Waals surface area contributed by atoms with Crippen LogP contribution in [-0.4, -0.2) is 39.8 Å². The van der Waals surface area contributed by atoms with Crippen molar-refractivity contribution in [2.45, 2.75) is 38.8 Å². The van der Waals surface area contributed by atoms with Crippen LogP contribution < -0.4 is 5.32 Å². The first-order chi connectivity index (χ1) is 10.2. The molecule has 7 heteroatoms. The largest absolute Gasteiger partial charge is 0.479 e. The lowest BCUT2D eigenvalue weighted by Gasteiger charge is -2.58. The quantitative estimate of drug-likeness (QED) is 0.867. The van der Waals surface area contributed by atoms with E-state index in [1.807, 2.05) is 6.92 Å². The van der Waals surface area contributed by atoms with Crippen molar-refractivity contribution in [3.05, 3.63) is 23.0 Å². The number of aliphatic carboxylic acids is 1. The van der Waals surface area contributed by atoms with E-state index in [9.17, 15) is 14.7 Å². The van der Waals surface area contributed by atoms with Gasteiger partial charge >= 0.3 is 5.97 Å². The molecule has 2 atom stereocenters. The van der Waals surface area contributed by atoms with Gasteiger partial charge in [-0.15, -0.1) is 0 Å². The summed E-state index contributed by atoms with van der Waals surface area (Å²) in [5, 5.41) is 12.8. The Labute approximate surface area is 134 Å². The molecule has 1 aliphatic carbocycles. The zero-order valence-corrected chi connectivity index (χ0v) is 13.9. The Morgan fingerprint density at radius 1 is 1.55 bits per heavy atom. The lowest BCUT2D eigenvalue weighted by atomic mass is 9.54. The fraction of sp³-hybridized carbons (Fsp3) is 0.600. The number of ether oxygens (including phenoxy) is 1. The smallest absolute Gasteiger partial charge is 0.330 e. The van der Waals surface area contributed by atoms with E-state index in [1.54, 1.807) is 31.7 Å². The third-order valence-electron chi connectivity index (χ3n) is 4.66. The first-order valence-corrected chi connectivity index (χ1v) is 7.53. The highest BCUT2D eigenvalue weighted by atomic mass is 35.5. The molecule has 0 aromatic carbocycles. The highest BCUT2D eigenvalue weighted by molar-refractivity contribution is 6.31. The van der Waals surface area contributed by atoms with Crippen LogP contribution in [0.5, 0.6) is 0 Å². The fourth-order valence-electron chi connectivity index (χ4n) is 3.04. The zero-order valence-electron chi connectivity index (χ0n) is 13.1. The minimum Gasteiger partial charge on any atom is -0.479 e. The van der Waals surface area contributed by atoms with Crippen molar-refractivity contribution in [1.82, 2.24) is 9.88 Å². The summed E-state index contributed by atoms with van der Waals surface area (Å²) < 4.78 is 7.14. The van der Waals surface area contributed by atoms with Crippen molar-refractivity contribution >= 4 is 23.5 Å². The number of carbonyl (C=O) groups is 2. The van der Waals surface area contributed by atoms with Gasteiger partial charge in [-0.3, -0.25) is 4.79 Å². The molecular formula is C15H21ClN2O4. The average molecular weight is 329 g/mol. The van der Waals surface area contributed by atoms with Crippen molar-refractivity contribution in [2.24, 2.45) is 12.5 Å². The van der Waals surface area contributed by atoms with E-state index < -0.39 is 22.8 Å². The van der Waals surface area contributed by atoms with E-state index in [-0.39, 0.29) is 12.5 Å². The molecule has 1 amide bonds. The number of nitrogens with one attached hydrogen (secondary N) is 1. The Hall–Kier alpha value is -1.53. The van der Waals surface area contributed by atoms with Gasteiger partial charge in [0.2, 0.25) is 0 Å². The number of halogens is 1. The van der Waals surface area contributed by atoms with Crippen LogP contribution >= 0.6 is 11.6 Å². The van der Waals surface area contributed by atoms with E-state index in [2.05, 4.69) is 5.32 Å². The molecule has 1 aliphatic rings. The first kappa shape index (κ1) is 16.8. The predicted octanol–water partition coefficient (Wildman–Crippen LogP) is 2.07. The summed E-state index contributed by atoms with van der Waals surface area (Å²) >= 11 is 5.87. The van der Waals surface area contributed by atoms with Crippen LogP contribution in [0.15, 0.2) is 12.3 Å². The van der Waals surface area contributed by atoms with E-state index >= 15 is 0 Å². The molecule has 1 fully saturated rings. The molecular weight excluding hydrogens is 308 g/mol. The topological polar surface area (TPSA) is 80.6 Å². The van der Waals surface area contributed by atoms with Gasteiger partial charge in [-0.25, -0.2) is 4.79 Å². The maximum atomic E-state index is 12.4. The second-order valence-corrected chi connectivity index (χ2v) is 6.63. The van der Waals surface area contributed by atoms with Gasteiger partial charge in [-0.1, -0.05) is 25.4 Å². The number of amides is 1. The second kappa shape index (κ2) is 5.59. The van der Waals surface area contributed by atoms with Crippen molar-refractivity contribution < 1.29 is 19.4 Å². The Morgan fingerprint density at radius 2 is 2.18 bits per heavy atom. The van der Waals surface area contributed by atoms with E-state index in [1.165, 1.54) is 6.07 Å². The zero-order chi connectivity index (χ0) is 16.7. The Balaban J connectivity index is 2.26. The van der Waals surface area contributed by atoms with Crippen molar-refractivity contribution in [2.75, 3.05) is 6.61 Å². The molecule has 122 valence electrons. The van der Waals surface area contributed by atoms with Gasteiger partial charge < -0.3 is 19.7 Å². The van der Waals surface area contributed by atoms with Gasteiger partial charge in [-0.2, -0.15) is 0 Å². The molecule has 1 saturated carbocycles. The molecule has 6 nitrogen and oxygen atoms in total. The summed E-state index contributed by atoms with van der Waals surface area (Å²) in [6, 6.07) is 1.51. The molecule has 1 aromatic heterocycles. The molecule has 22 heavy (non-hydrogen) atoms.